The smallest absolute Gasteiger partial charge is 0.376 e. The molecule has 1 N–H and O–H groups in total. The highest BCUT2D eigenvalue weighted by atomic mass is 19.4. The number of hydrogen-bond acceptors (Lipinski definition) is 4. The number of ether oxygens (including phenoxy) is 1. The van der Waals surface area contributed by atoms with Crippen LogP contribution in [0.25, 0.3) is 0 Å². The molecule has 0 spiro atoms. The zero-order chi connectivity index (χ0) is 22.8. The minimum absolute atomic E-state index is 0.0714. The lowest BCUT2D eigenvalue weighted by molar-refractivity contribution is -0.195. The van der Waals surface area contributed by atoms with Crippen LogP contribution in [0.2, 0.25) is 0 Å². The fraction of sp³-hybridized carbons (Fsp3) is 0.773. The Balaban J connectivity index is 1.85. The summed E-state index contributed by atoms with van der Waals surface area (Å²) in [4.78, 5) is 39.1. The van der Waals surface area contributed by atoms with Crippen LogP contribution in [0, 0.1) is 5.92 Å². The summed E-state index contributed by atoms with van der Waals surface area (Å²) in [5.74, 6) is -2.77. The van der Waals surface area contributed by atoms with E-state index >= 15 is 0 Å². The van der Waals surface area contributed by atoms with Crippen LogP contribution < -0.4 is 5.32 Å². The first kappa shape index (κ1) is 23.8. The lowest BCUT2D eigenvalue weighted by Crippen LogP contribution is -2.66. The van der Waals surface area contributed by atoms with Crippen LogP contribution in [-0.2, 0) is 19.1 Å². The van der Waals surface area contributed by atoms with Gasteiger partial charge in [0.1, 0.15) is 0 Å². The number of hydrogen-bond donors (Lipinski definition) is 1. The molecule has 9 heteroatoms. The van der Waals surface area contributed by atoms with Gasteiger partial charge in [0.2, 0.25) is 11.4 Å². The summed E-state index contributed by atoms with van der Waals surface area (Å²) in [5, 5.41) is 1.96. The molecule has 0 unspecified atom stereocenters. The molecular weight excluding hydrogens is 413 g/mol. The number of nitrogens with zero attached hydrogens (tertiary/aromatic N) is 1. The van der Waals surface area contributed by atoms with E-state index in [0.29, 0.717) is 25.4 Å². The van der Waals surface area contributed by atoms with Crippen molar-refractivity contribution < 1.29 is 32.3 Å². The molecular formula is C22H31F3N2O4. The number of rotatable bonds is 7. The molecule has 0 aromatic rings. The van der Waals surface area contributed by atoms with Crippen molar-refractivity contribution in [2.75, 3.05) is 13.2 Å². The minimum Gasteiger partial charge on any atom is -0.376 e. The molecule has 1 aliphatic carbocycles. The lowest BCUT2D eigenvalue weighted by Gasteiger charge is -2.33. The molecule has 0 aromatic carbocycles. The van der Waals surface area contributed by atoms with E-state index in [4.69, 9.17) is 4.74 Å². The Bertz CT molecular complexity index is 752. The van der Waals surface area contributed by atoms with Gasteiger partial charge >= 0.3 is 6.18 Å². The van der Waals surface area contributed by atoms with Gasteiger partial charge in [-0.1, -0.05) is 32.1 Å². The number of carbonyl (C=O) groups is 3. The average molecular weight is 444 g/mol. The van der Waals surface area contributed by atoms with Crippen molar-refractivity contribution in [1.29, 1.82) is 0 Å². The Hall–Kier alpha value is -1.90. The summed E-state index contributed by atoms with van der Waals surface area (Å²) in [6.07, 6.45) is 1.40. The highest BCUT2D eigenvalue weighted by Crippen LogP contribution is 2.45. The number of ketones is 1. The van der Waals surface area contributed by atoms with Gasteiger partial charge in [-0.25, -0.2) is 0 Å². The SMILES string of the molecule is CC(=O)C1=C(C)N(C[C@@H]2CCCO2)C(=O)[C@@]1(NC(=O)CCC1CCCCC1)C(F)(F)F. The van der Waals surface area contributed by atoms with Gasteiger partial charge in [0.25, 0.3) is 5.91 Å². The first-order chi connectivity index (χ1) is 14.6. The summed E-state index contributed by atoms with van der Waals surface area (Å²) >= 11 is 0. The van der Waals surface area contributed by atoms with Crippen molar-refractivity contribution in [3.63, 3.8) is 0 Å². The van der Waals surface area contributed by atoms with Crippen molar-refractivity contribution in [3.05, 3.63) is 11.3 Å². The maximum atomic E-state index is 14.4. The molecule has 3 rings (SSSR count). The van der Waals surface area contributed by atoms with Crippen molar-refractivity contribution in [2.24, 2.45) is 5.92 Å². The number of halogens is 3. The van der Waals surface area contributed by atoms with Crippen LogP contribution in [-0.4, -0.2) is 53.5 Å². The van der Waals surface area contributed by atoms with Crippen LogP contribution in [0.4, 0.5) is 13.2 Å². The summed E-state index contributed by atoms with van der Waals surface area (Å²) in [5.41, 5.74) is -4.11. The van der Waals surface area contributed by atoms with E-state index in [2.05, 4.69) is 0 Å². The van der Waals surface area contributed by atoms with Crippen LogP contribution in [0.1, 0.15) is 71.6 Å². The van der Waals surface area contributed by atoms with Gasteiger partial charge in [-0.15, -0.1) is 0 Å². The Morgan fingerprint density at radius 1 is 1.16 bits per heavy atom. The standard InChI is InChI=1S/C22H31F3N2O4/c1-14-19(15(2)28)21(22(23,24)25,20(30)27(14)13-17-9-6-12-31-17)26-18(29)11-10-16-7-4-3-5-8-16/h16-17H,3-13H2,1-2H3,(H,26,29)/t17-,21+/m0/s1. The highest BCUT2D eigenvalue weighted by Gasteiger charge is 2.69. The van der Waals surface area contributed by atoms with Gasteiger partial charge in [-0.2, -0.15) is 13.2 Å². The second kappa shape index (κ2) is 9.30. The van der Waals surface area contributed by atoms with Crippen LogP contribution in [0.15, 0.2) is 11.3 Å². The van der Waals surface area contributed by atoms with Crippen molar-refractivity contribution in [3.8, 4) is 0 Å². The van der Waals surface area contributed by atoms with Gasteiger partial charge in [0, 0.05) is 18.7 Å². The van der Waals surface area contributed by atoms with Gasteiger partial charge < -0.3 is 15.0 Å². The Kier molecular flexibility index (Phi) is 7.13. The molecule has 31 heavy (non-hydrogen) atoms. The predicted octanol–water partition coefficient (Wildman–Crippen LogP) is 3.65. The topological polar surface area (TPSA) is 75.7 Å². The Morgan fingerprint density at radius 3 is 2.39 bits per heavy atom. The first-order valence-corrected chi connectivity index (χ1v) is 11.1. The molecule has 0 aromatic heterocycles. The molecule has 2 fully saturated rings. The van der Waals surface area contributed by atoms with Crippen LogP contribution >= 0.6 is 0 Å². The molecule has 174 valence electrons. The fourth-order valence-corrected chi connectivity index (χ4v) is 5.13. The number of alkyl halides is 3. The summed E-state index contributed by atoms with van der Waals surface area (Å²) in [6, 6.07) is 0. The molecule has 0 bridgehead atoms. The van der Waals surface area contributed by atoms with Crippen LogP contribution in [0.3, 0.4) is 0 Å². The minimum atomic E-state index is -5.15. The van der Waals surface area contributed by atoms with E-state index in [9.17, 15) is 27.6 Å². The summed E-state index contributed by atoms with van der Waals surface area (Å²) < 4.78 is 48.7. The van der Waals surface area contributed by atoms with E-state index in [1.807, 2.05) is 5.32 Å². The summed E-state index contributed by atoms with van der Waals surface area (Å²) in [6.45, 7) is 2.73. The molecule has 3 aliphatic rings. The molecule has 1 saturated carbocycles. The third-order valence-electron chi connectivity index (χ3n) is 6.73. The van der Waals surface area contributed by atoms with Gasteiger partial charge in [-0.05, 0) is 39.0 Å². The quantitative estimate of drug-likeness (QED) is 0.651. The lowest BCUT2D eigenvalue weighted by atomic mass is 9.85. The molecule has 2 aliphatic heterocycles. The third kappa shape index (κ3) is 4.66. The monoisotopic (exact) mass is 444 g/mol. The van der Waals surface area contributed by atoms with Gasteiger partial charge in [-0.3, -0.25) is 14.4 Å². The van der Waals surface area contributed by atoms with Crippen molar-refractivity contribution >= 4 is 17.6 Å². The van der Waals surface area contributed by atoms with Crippen LogP contribution in [0.5, 0.6) is 0 Å². The molecule has 2 heterocycles. The van der Waals surface area contributed by atoms with E-state index in [1.165, 1.54) is 6.92 Å². The second-order valence-corrected chi connectivity index (χ2v) is 8.91. The average Bonchev–Trinajstić information content (AvgIpc) is 3.28. The van der Waals surface area contributed by atoms with Gasteiger partial charge in [0.05, 0.1) is 18.2 Å². The number of carbonyl (C=O) groups excluding carboxylic acids is 3. The molecule has 6 nitrogen and oxygen atoms in total. The first-order valence-electron chi connectivity index (χ1n) is 11.1. The Labute approximate surface area is 180 Å². The van der Waals surface area contributed by atoms with Gasteiger partial charge in [0.15, 0.2) is 5.78 Å². The van der Waals surface area contributed by atoms with E-state index in [1.54, 1.807) is 0 Å². The highest BCUT2D eigenvalue weighted by molar-refractivity contribution is 6.12. The molecule has 2 amide bonds. The molecule has 0 radical (unpaired) electrons. The maximum Gasteiger partial charge on any atom is 0.425 e. The number of Topliss-reactive ketones (excluding diaryl/α,β-unsaturated/α-hetero) is 1. The molecule has 2 atom stereocenters. The maximum absolute atomic E-state index is 14.4. The fourth-order valence-electron chi connectivity index (χ4n) is 5.13. The number of amides is 2. The number of nitrogens with one attached hydrogen (secondary N) is 1. The zero-order valence-electron chi connectivity index (χ0n) is 18.1. The third-order valence-corrected chi connectivity index (χ3v) is 6.73. The normalized spacial score (nSPS) is 27.8. The van der Waals surface area contributed by atoms with E-state index in [-0.39, 0.29) is 18.7 Å². The number of allylic oxidation sites excluding steroid dienone is 1. The van der Waals surface area contributed by atoms with Crippen molar-refractivity contribution in [1.82, 2.24) is 10.2 Å². The predicted molar refractivity (Wildman–Crippen MR) is 107 cm³/mol. The van der Waals surface area contributed by atoms with E-state index in [0.717, 1.165) is 50.3 Å². The second-order valence-electron chi connectivity index (χ2n) is 8.91. The molecule has 1 saturated heterocycles. The summed E-state index contributed by atoms with van der Waals surface area (Å²) in [7, 11) is 0. The Morgan fingerprint density at radius 2 is 1.84 bits per heavy atom. The largest absolute Gasteiger partial charge is 0.425 e. The van der Waals surface area contributed by atoms with E-state index < -0.39 is 41.0 Å². The zero-order valence-corrected chi connectivity index (χ0v) is 18.1. The van der Waals surface area contributed by atoms with Crippen molar-refractivity contribution in [2.45, 2.75) is 89.5 Å².